The van der Waals surface area contributed by atoms with Crippen LogP contribution in [0.5, 0.6) is 0 Å². The molecule has 0 bridgehead atoms. The molecule has 0 unspecified atom stereocenters. The third-order valence-corrected chi connectivity index (χ3v) is 2.54. The minimum absolute atomic E-state index is 0.435. The predicted molar refractivity (Wildman–Crippen MR) is 76.3 cm³/mol. The van der Waals surface area contributed by atoms with E-state index in [9.17, 15) is 0 Å². The molecule has 5 heteroatoms. The smallest absolute Gasteiger partial charge is 0.393 e. The largest absolute Gasteiger partial charge is 0.453 e. The molecule has 0 radical (unpaired) electrons. The summed E-state index contributed by atoms with van der Waals surface area (Å²) in [6.45, 7) is 8.04. The summed E-state index contributed by atoms with van der Waals surface area (Å²) in [6.07, 6.45) is 2.86. The average molecular weight is 255 g/mol. The molecule has 1 N–H and O–H groups in total. The second-order valence-electron chi connectivity index (χ2n) is 4.07. The lowest BCUT2D eigenvalue weighted by atomic mass is 10.1. The van der Waals surface area contributed by atoms with Gasteiger partial charge in [-0.25, -0.2) is 0 Å². The van der Waals surface area contributed by atoms with E-state index in [0.717, 1.165) is 11.3 Å². The SMILES string of the molecule is C#[N+]C=N/C(OCc1cccc(C)c1)=C1\CN=CN1. The molecule has 1 aromatic carbocycles. The highest BCUT2D eigenvalue weighted by atomic mass is 16.5. The summed E-state index contributed by atoms with van der Waals surface area (Å²) in [4.78, 5) is 11.5. The van der Waals surface area contributed by atoms with Gasteiger partial charge in [-0.2, -0.15) is 4.85 Å². The van der Waals surface area contributed by atoms with Crippen LogP contribution in [0, 0.1) is 13.5 Å². The van der Waals surface area contributed by atoms with E-state index < -0.39 is 0 Å². The molecule has 0 aliphatic carbocycles. The van der Waals surface area contributed by atoms with Crippen molar-refractivity contribution in [3.05, 3.63) is 51.8 Å². The van der Waals surface area contributed by atoms with Crippen molar-refractivity contribution in [2.45, 2.75) is 13.5 Å². The second-order valence-corrected chi connectivity index (χ2v) is 4.07. The summed E-state index contributed by atoms with van der Waals surface area (Å²) in [6, 6.07) is 8.11. The number of aryl methyl sites for hydroxylation is 1. The molecule has 0 aromatic heterocycles. The van der Waals surface area contributed by atoms with Crippen LogP contribution >= 0.6 is 0 Å². The summed E-state index contributed by atoms with van der Waals surface area (Å²) in [7, 11) is 0. The maximum absolute atomic E-state index is 5.69. The molecule has 5 nitrogen and oxygen atoms in total. The van der Waals surface area contributed by atoms with Crippen molar-refractivity contribution in [3.63, 3.8) is 0 Å². The van der Waals surface area contributed by atoms with Crippen LogP contribution in [0.4, 0.5) is 0 Å². The topological polar surface area (TPSA) is 50.3 Å². The number of nitrogens with zero attached hydrogens (tertiary/aromatic N) is 3. The van der Waals surface area contributed by atoms with Crippen LogP contribution in [0.2, 0.25) is 0 Å². The van der Waals surface area contributed by atoms with Crippen molar-refractivity contribution in [1.82, 2.24) is 5.32 Å². The molecule has 1 aliphatic heterocycles. The number of hydrogen-bond acceptors (Lipinski definition) is 4. The van der Waals surface area contributed by atoms with Gasteiger partial charge in [-0.3, -0.25) is 4.99 Å². The van der Waals surface area contributed by atoms with E-state index in [2.05, 4.69) is 26.2 Å². The van der Waals surface area contributed by atoms with Gasteiger partial charge in [-0.05, 0) is 12.5 Å². The number of benzene rings is 1. The molecule has 19 heavy (non-hydrogen) atoms. The Bertz CT molecular complexity index is 571. The van der Waals surface area contributed by atoms with E-state index in [0.29, 0.717) is 19.0 Å². The normalized spacial score (nSPS) is 16.2. The molecule has 1 heterocycles. The van der Waals surface area contributed by atoms with Crippen LogP contribution in [0.1, 0.15) is 11.1 Å². The highest BCUT2D eigenvalue weighted by Gasteiger charge is 2.15. The van der Waals surface area contributed by atoms with Crippen LogP contribution < -0.4 is 5.32 Å². The summed E-state index contributed by atoms with van der Waals surface area (Å²) in [5.74, 6) is 0.452. The van der Waals surface area contributed by atoms with Gasteiger partial charge in [-0.15, -0.1) is 0 Å². The molecule has 0 amide bonds. The summed E-state index contributed by atoms with van der Waals surface area (Å²) >= 11 is 0. The summed E-state index contributed by atoms with van der Waals surface area (Å²) in [5, 5.41) is 2.98. The molecule has 0 saturated carbocycles. The van der Waals surface area contributed by atoms with Crippen molar-refractivity contribution in [2.75, 3.05) is 6.54 Å². The Balaban J connectivity index is 2.07. The first-order valence-corrected chi connectivity index (χ1v) is 5.88. The maximum atomic E-state index is 5.69. The molecule has 2 rings (SSSR count). The number of rotatable bonds is 4. The van der Waals surface area contributed by atoms with Crippen LogP contribution in [0.25, 0.3) is 4.85 Å². The molecule has 1 aliphatic rings. The lowest BCUT2D eigenvalue weighted by Gasteiger charge is -2.05. The minimum atomic E-state index is 0.435. The Morgan fingerprint density at radius 1 is 1.63 bits per heavy atom. The number of ether oxygens (including phenoxy) is 1. The highest BCUT2D eigenvalue weighted by molar-refractivity contribution is 5.68. The monoisotopic (exact) mass is 255 g/mol. The van der Waals surface area contributed by atoms with E-state index in [1.165, 1.54) is 11.9 Å². The lowest BCUT2D eigenvalue weighted by Crippen LogP contribution is -2.09. The first kappa shape index (κ1) is 12.8. The van der Waals surface area contributed by atoms with Crippen LogP contribution in [0.3, 0.4) is 0 Å². The Kier molecular flexibility index (Phi) is 4.29. The van der Waals surface area contributed by atoms with Gasteiger partial charge >= 0.3 is 12.2 Å². The number of hydrogen-bond donors (Lipinski definition) is 1. The average Bonchev–Trinajstić information content (AvgIpc) is 2.93. The van der Waals surface area contributed by atoms with Gasteiger partial charge in [0.1, 0.15) is 18.9 Å². The third kappa shape index (κ3) is 3.68. The van der Waals surface area contributed by atoms with Gasteiger partial charge in [0.2, 0.25) is 0 Å². The van der Waals surface area contributed by atoms with Crippen molar-refractivity contribution in [3.8, 4) is 6.57 Å². The number of aliphatic imine (C=N–C) groups is 2. The lowest BCUT2D eigenvalue weighted by molar-refractivity contribution is 0.192. The van der Waals surface area contributed by atoms with Crippen molar-refractivity contribution in [2.24, 2.45) is 9.98 Å². The zero-order chi connectivity index (χ0) is 13.5. The fourth-order valence-electron chi connectivity index (χ4n) is 1.68. The molecule has 0 spiro atoms. The molecular weight excluding hydrogens is 240 g/mol. The summed E-state index contributed by atoms with van der Waals surface area (Å²) < 4.78 is 5.69. The van der Waals surface area contributed by atoms with Crippen molar-refractivity contribution in [1.29, 1.82) is 0 Å². The van der Waals surface area contributed by atoms with Gasteiger partial charge in [0.05, 0.1) is 12.9 Å². The quantitative estimate of drug-likeness (QED) is 0.510. The Morgan fingerprint density at radius 3 is 3.21 bits per heavy atom. The van der Waals surface area contributed by atoms with Crippen LogP contribution in [-0.2, 0) is 11.3 Å². The predicted octanol–water partition coefficient (Wildman–Crippen LogP) is 2.30. The van der Waals surface area contributed by atoms with E-state index in [1.54, 1.807) is 6.34 Å². The highest BCUT2D eigenvalue weighted by Crippen LogP contribution is 2.13. The van der Waals surface area contributed by atoms with Crippen LogP contribution in [-0.4, -0.2) is 19.2 Å². The maximum Gasteiger partial charge on any atom is 0.393 e. The van der Waals surface area contributed by atoms with Gasteiger partial charge in [-0.1, -0.05) is 29.8 Å². The van der Waals surface area contributed by atoms with Gasteiger partial charge in [0.25, 0.3) is 0 Å². The van der Waals surface area contributed by atoms with Gasteiger partial charge < -0.3 is 10.1 Å². The zero-order valence-corrected chi connectivity index (χ0v) is 10.7. The standard InChI is InChI=1S/C14H15N4O/c1-11-4-3-5-12(6-11)8-19-14(18-9-15-2)13-7-16-10-17-13/h2-6,9-10H,7-8H2,1H3,(H,16,17)/q+1/b14-13-,18-9?. The molecule has 0 fully saturated rings. The molecule has 0 atom stereocenters. The first-order valence-electron chi connectivity index (χ1n) is 5.88. The molecule has 0 saturated heterocycles. The third-order valence-electron chi connectivity index (χ3n) is 2.54. The van der Waals surface area contributed by atoms with Crippen molar-refractivity contribution >= 4 is 12.7 Å². The van der Waals surface area contributed by atoms with E-state index in [1.807, 2.05) is 25.1 Å². The fourth-order valence-corrected chi connectivity index (χ4v) is 1.68. The molecular formula is C14H15N4O+. The summed E-state index contributed by atoms with van der Waals surface area (Å²) in [5.41, 5.74) is 3.07. The Hall–Kier alpha value is -2.61. The fraction of sp³-hybridized carbons (Fsp3) is 0.214. The van der Waals surface area contributed by atoms with Crippen molar-refractivity contribution < 1.29 is 4.74 Å². The zero-order valence-electron chi connectivity index (χ0n) is 10.7. The Morgan fingerprint density at radius 2 is 2.53 bits per heavy atom. The van der Waals surface area contributed by atoms with Gasteiger partial charge in [0, 0.05) is 4.99 Å². The Labute approximate surface area is 112 Å². The van der Waals surface area contributed by atoms with Crippen LogP contribution in [0.15, 0.2) is 45.8 Å². The van der Waals surface area contributed by atoms with E-state index in [4.69, 9.17) is 11.3 Å². The molecule has 1 aromatic rings. The van der Waals surface area contributed by atoms with Gasteiger partial charge in [0.15, 0.2) is 0 Å². The van der Waals surface area contributed by atoms with E-state index >= 15 is 0 Å². The molecule has 96 valence electrons. The van der Waals surface area contributed by atoms with E-state index in [-0.39, 0.29) is 0 Å². The first-order chi connectivity index (χ1) is 9.29. The second kappa shape index (κ2) is 6.36. The minimum Gasteiger partial charge on any atom is -0.453 e. The number of nitrogens with one attached hydrogen (secondary N) is 1.